The van der Waals surface area contributed by atoms with Crippen molar-refractivity contribution in [2.45, 2.75) is 31.8 Å². The van der Waals surface area contributed by atoms with Gasteiger partial charge in [0.15, 0.2) is 0 Å². The highest BCUT2D eigenvalue weighted by atomic mass is 35.5. The Morgan fingerprint density at radius 3 is 2.49 bits per heavy atom. The number of para-hydroxylation sites is 2. The topological polar surface area (TPSA) is 84.3 Å². The minimum atomic E-state index is -1.18. The predicted octanol–water partition coefficient (Wildman–Crippen LogP) is 5.07. The van der Waals surface area contributed by atoms with Crippen molar-refractivity contribution in [3.63, 3.8) is 0 Å². The van der Waals surface area contributed by atoms with Crippen LogP contribution in [0.3, 0.4) is 0 Å². The molecule has 7 rings (SSSR count). The van der Waals surface area contributed by atoms with Gasteiger partial charge in [-0.2, -0.15) is 0 Å². The number of carbonyl (C=O) groups is 2. The van der Waals surface area contributed by atoms with E-state index in [4.69, 9.17) is 28.2 Å². The molecule has 1 aromatic heterocycles. The summed E-state index contributed by atoms with van der Waals surface area (Å²) in [5.41, 5.74) is 0.826. The zero-order valence-electron chi connectivity index (χ0n) is 21.2. The molecular weight excluding hydrogens is 535 g/mol. The first-order chi connectivity index (χ1) is 18.7. The Kier molecular flexibility index (Phi) is 5.34. The lowest BCUT2D eigenvalue weighted by molar-refractivity contribution is -0.123. The van der Waals surface area contributed by atoms with Gasteiger partial charge in [0.25, 0.3) is 5.56 Å². The number of amides is 2. The highest BCUT2D eigenvalue weighted by molar-refractivity contribution is 6.38. The summed E-state index contributed by atoms with van der Waals surface area (Å²) in [6.07, 6.45) is 0.652. The van der Waals surface area contributed by atoms with E-state index in [1.807, 2.05) is 36.4 Å². The zero-order valence-corrected chi connectivity index (χ0v) is 22.7. The summed E-state index contributed by atoms with van der Waals surface area (Å²) >= 11 is 12.8. The summed E-state index contributed by atoms with van der Waals surface area (Å²) in [7, 11) is 0. The van der Waals surface area contributed by atoms with E-state index < -0.39 is 23.3 Å². The van der Waals surface area contributed by atoms with Gasteiger partial charge in [0.2, 0.25) is 11.8 Å². The fourth-order valence-corrected chi connectivity index (χ4v) is 7.19. The van der Waals surface area contributed by atoms with Crippen LogP contribution in [-0.4, -0.2) is 27.4 Å². The number of nitrogens with one attached hydrogen (secondary N) is 1. The molecule has 3 aliphatic rings. The minimum absolute atomic E-state index is 0.211. The molecule has 196 valence electrons. The maximum Gasteiger partial charge on any atom is 0.266 e. The van der Waals surface area contributed by atoms with Gasteiger partial charge in [-0.3, -0.25) is 24.3 Å². The third kappa shape index (κ3) is 3.21. The highest BCUT2D eigenvalue weighted by Crippen LogP contribution is 2.56. The SMILES string of the molecule is CC(C)C[C@H]1N[C@@]2(c3ccccc3-n3c2nc2ccccc2c3=O)[C@H]2C(=O)N(c3cc(Cl)ccc3Cl)C(=O)[C@@H]12. The van der Waals surface area contributed by atoms with Crippen LogP contribution >= 0.6 is 23.2 Å². The first-order valence-corrected chi connectivity index (χ1v) is 13.7. The zero-order chi connectivity index (χ0) is 27.2. The Bertz CT molecular complexity index is 1780. The molecule has 0 aliphatic carbocycles. The van der Waals surface area contributed by atoms with E-state index in [9.17, 15) is 14.4 Å². The van der Waals surface area contributed by atoms with Crippen molar-refractivity contribution in [3.05, 3.63) is 98.5 Å². The van der Waals surface area contributed by atoms with Gasteiger partial charge in [-0.15, -0.1) is 0 Å². The van der Waals surface area contributed by atoms with Crippen LogP contribution in [0.15, 0.2) is 71.5 Å². The van der Waals surface area contributed by atoms with E-state index in [2.05, 4.69) is 19.2 Å². The third-order valence-electron chi connectivity index (χ3n) is 8.24. The van der Waals surface area contributed by atoms with Crippen LogP contribution in [0, 0.1) is 17.8 Å². The van der Waals surface area contributed by atoms with E-state index in [0.29, 0.717) is 33.9 Å². The van der Waals surface area contributed by atoms with E-state index in [-0.39, 0.29) is 34.1 Å². The average molecular weight is 559 g/mol. The number of anilines is 1. The normalized spacial score (nSPS) is 25.2. The number of benzene rings is 3. The second kappa shape index (κ2) is 8.49. The molecule has 0 unspecified atom stereocenters. The summed E-state index contributed by atoms with van der Waals surface area (Å²) in [6.45, 7) is 4.17. The molecule has 1 N–H and O–H groups in total. The number of hydrogen-bond acceptors (Lipinski definition) is 5. The summed E-state index contributed by atoms with van der Waals surface area (Å²) in [6, 6.07) is 19.1. The monoisotopic (exact) mass is 558 g/mol. The Morgan fingerprint density at radius 1 is 0.949 bits per heavy atom. The van der Waals surface area contributed by atoms with Crippen molar-refractivity contribution in [2.24, 2.45) is 17.8 Å². The number of imide groups is 1. The summed E-state index contributed by atoms with van der Waals surface area (Å²) in [5.74, 6) is -1.58. The second-order valence-electron chi connectivity index (χ2n) is 10.9. The number of nitrogens with zero attached hydrogens (tertiary/aromatic N) is 3. The van der Waals surface area contributed by atoms with Crippen LogP contribution in [0.2, 0.25) is 10.0 Å². The molecule has 9 heteroatoms. The van der Waals surface area contributed by atoms with Crippen LogP contribution in [0.1, 0.15) is 31.7 Å². The summed E-state index contributed by atoms with van der Waals surface area (Å²) in [4.78, 5) is 48.7. The lowest BCUT2D eigenvalue weighted by Gasteiger charge is -2.32. The largest absolute Gasteiger partial charge is 0.297 e. The van der Waals surface area contributed by atoms with Crippen molar-refractivity contribution in [1.82, 2.24) is 14.9 Å². The molecule has 1 spiro atoms. The van der Waals surface area contributed by atoms with Crippen molar-refractivity contribution < 1.29 is 9.59 Å². The molecule has 2 amide bonds. The van der Waals surface area contributed by atoms with Crippen molar-refractivity contribution in [3.8, 4) is 5.69 Å². The number of halogens is 2. The summed E-state index contributed by atoms with van der Waals surface area (Å²) in [5, 5.41) is 4.83. The molecule has 3 aliphatic heterocycles. The van der Waals surface area contributed by atoms with Gasteiger partial charge >= 0.3 is 0 Å². The van der Waals surface area contributed by atoms with Gasteiger partial charge in [0, 0.05) is 16.6 Å². The second-order valence-corrected chi connectivity index (χ2v) is 11.8. The van der Waals surface area contributed by atoms with Gasteiger partial charge in [-0.25, -0.2) is 9.88 Å². The van der Waals surface area contributed by atoms with E-state index in [1.165, 1.54) is 4.90 Å². The molecule has 2 fully saturated rings. The van der Waals surface area contributed by atoms with Crippen molar-refractivity contribution in [2.75, 3.05) is 4.90 Å². The maximum absolute atomic E-state index is 14.5. The molecule has 4 atom stereocenters. The fourth-order valence-electron chi connectivity index (χ4n) is 6.82. The fraction of sp³-hybridized carbons (Fsp3) is 0.267. The number of hydrogen-bond donors (Lipinski definition) is 1. The summed E-state index contributed by atoms with van der Waals surface area (Å²) < 4.78 is 1.60. The molecule has 0 radical (unpaired) electrons. The van der Waals surface area contributed by atoms with Gasteiger partial charge in [-0.05, 0) is 48.7 Å². The van der Waals surface area contributed by atoms with Gasteiger partial charge in [0.05, 0.1) is 39.1 Å². The Balaban J connectivity index is 1.53. The predicted molar refractivity (Wildman–Crippen MR) is 150 cm³/mol. The van der Waals surface area contributed by atoms with E-state index in [1.54, 1.807) is 34.9 Å². The molecule has 0 bridgehead atoms. The van der Waals surface area contributed by atoms with E-state index >= 15 is 0 Å². The van der Waals surface area contributed by atoms with Crippen LogP contribution < -0.4 is 15.8 Å². The van der Waals surface area contributed by atoms with Crippen LogP contribution in [0.25, 0.3) is 16.6 Å². The van der Waals surface area contributed by atoms with Crippen LogP contribution in [0.4, 0.5) is 5.69 Å². The number of fused-ring (bicyclic) bond motifs is 8. The molecule has 4 aromatic rings. The lowest BCUT2D eigenvalue weighted by atomic mass is 9.75. The Labute approximate surface area is 234 Å². The first kappa shape index (κ1) is 24.5. The smallest absolute Gasteiger partial charge is 0.266 e. The highest BCUT2D eigenvalue weighted by Gasteiger charge is 2.69. The lowest BCUT2D eigenvalue weighted by Crippen LogP contribution is -2.50. The maximum atomic E-state index is 14.5. The molecule has 2 saturated heterocycles. The third-order valence-corrected chi connectivity index (χ3v) is 8.79. The van der Waals surface area contributed by atoms with Gasteiger partial charge in [0.1, 0.15) is 11.4 Å². The van der Waals surface area contributed by atoms with Crippen molar-refractivity contribution >= 4 is 51.6 Å². The van der Waals surface area contributed by atoms with Crippen LogP contribution in [-0.2, 0) is 15.1 Å². The van der Waals surface area contributed by atoms with Gasteiger partial charge < -0.3 is 0 Å². The average Bonchev–Trinajstić information content (AvgIpc) is 3.48. The molecule has 4 heterocycles. The molecule has 0 saturated carbocycles. The molecule has 39 heavy (non-hydrogen) atoms. The van der Waals surface area contributed by atoms with Crippen molar-refractivity contribution in [1.29, 1.82) is 0 Å². The number of carbonyl (C=O) groups excluding carboxylic acids is 2. The Morgan fingerprint density at radius 2 is 1.69 bits per heavy atom. The Hall–Kier alpha value is -3.52. The minimum Gasteiger partial charge on any atom is -0.297 e. The van der Waals surface area contributed by atoms with Gasteiger partial charge in [-0.1, -0.05) is 67.4 Å². The standard InChI is InChI=1S/C30H24Cl2N4O3/c1-15(2)13-21-24-25(28(39)35(27(24)38)23-14-16(31)11-12-19(23)32)30(34-21)18-8-4-6-10-22(18)36-26(37)17-7-3-5-9-20(17)33-29(30)36/h3-12,14-15,21,24-25,34H,13H2,1-2H3/t21-,24+,25-,30+/m1/s1. The molecular formula is C30H24Cl2N4O3. The van der Waals surface area contributed by atoms with E-state index in [0.717, 1.165) is 5.56 Å². The first-order valence-electron chi connectivity index (χ1n) is 13.0. The van der Waals surface area contributed by atoms with Crippen LogP contribution in [0.5, 0.6) is 0 Å². The quantitative estimate of drug-likeness (QED) is 0.355. The number of aromatic nitrogens is 2. The molecule has 3 aromatic carbocycles. The molecule has 7 nitrogen and oxygen atoms in total. The number of rotatable bonds is 3.